The molecule has 20 heavy (non-hydrogen) atoms. The predicted octanol–water partition coefficient (Wildman–Crippen LogP) is 3.35. The Balaban J connectivity index is 2.29. The van der Waals surface area contributed by atoms with Gasteiger partial charge in [-0.05, 0) is 18.9 Å². The maximum atomic E-state index is 12.6. The molecular weight excluding hydrogens is 277 g/mol. The van der Waals surface area contributed by atoms with Crippen molar-refractivity contribution in [2.45, 2.75) is 25.4 Å². The molecule has 0 bridgehead atoms. The van der Waals surface area contributed by atoms with Gasteiger partial charge in [-0.2, -0.15) is 13.2 Å². The van der Waals surface area contributed by atoms with E-state index in [1.54, 1.807) is 0 Å². The minimum atomic E-state index is -4.71. The molecule has 0 aliphatic heterocycles. The van der Waals surface area contributed by atoms with Gasteiger partial charge in [0.1, 0.15) is 0 Å². The molecule has 1 amide bonds. The molecule has 0 saturated heterocycles. The zero-order chi connectivity index (χ0) is 14.9. The standard InChI is InChI=1S/C12H11F3N2O3/c13-12(14,15)8-4-9(6-10(5-8)17(19)20)16-11(18)7-2-1-3-7/h4-7H,1-3H2,(H,16,18). The van der Waals surface area contributed by atoms with E-state index in [2.05, 4.69) is 5.32 Å². The van der Waals surface area contributed by atoms with Gasteiger partial charge in [0.15, 0.2) is 0 Å². The highest BCUT2D eigenvalue weighted by Crippen LogP contribution is 2.34. The second-order valence-corrected chi connectivity index (χ2v) is 4.64. The molecule has 5 nitrogen and oxygen atoms in total. The van der Waals surface area contributed by atoms with E-state index in [9.17, 15) is 28.1 Å². The lowest BCUT2D eigenvalue weighted by Gasteiger charge is -2.24. The third-order valence-electron chi connectivity index (χ3n) is 3.20. The molecule has 1 aromatic carbocycles. The molecule has 1 fully saturated rings. The summed E-state index contributed by atoms with van der Waals surface area (Å²) in [5.41, 5.74) is -2.07. The van der Waals surface area contributed by atoms with E-state index in [4.69, 9.17) is 0 Å². The van der Waals surface area contributed by atoms with Gasteiger partial charge in [-0.1, -0.05) is 6.42 Å². The molecule has 1 aromatic rings. The molecule has 1 aliphatic carbocycles. The van der Waals surface area contributed by atoms with Gasteiger partial charge in [-0.25, -0.2) is 0 Å². The molecule has 0 unspecified atom stereocenters. The van der Waals surface area contributed by atoms with Gasteiger partial charge in [0.25, 0.3) is 5.69 Å². The molecule has 0 spiro atoms. The van der Waals surface area contributed by atoms with Crippen LogP contribution in [0.2, 0.25) is 0 Å². The second kappa shape index (κ2) is 5.10. The first-order chi connectivity index (χ1) is 9.27. The number of nitrogens with zero attached hydrogens (tertiary/aromatic N) is 1. The molecule has 1 aliphatic rings. The molecule has 2 rings (SSSR count). The van der Waals surface area contributed by atoms with Gasteiger partial charge in [0.2, 0.25) is 5.91 Å². The highest BCUT2D eigenvalue weighted by atomic mass is 19.4. The van der Waals surface area contributed by atoms with Crippen molar-refractivity contribution < 1.29 is 22.9 Å². The predicted molar refractivity (Wildman–Crippen MR) is 64.1 cm³/mol. The van der Waals surface area contributed by atoms with E-state index in [1.165, 1.54) is 0 Å². The Kier molecular flexibility index (Phi) is 3.65. The Morgan fingerprint density at radius 3 is 2.40 bits per heavy atom. The van der Waals surface area contributed by atoms with Crippen molar-refractivity contribution in [3.8, 4) is 0 Å². The second-order valence-electron chi connectivity index (χ2n) is 4.64. The number of amides is 1. The average molecular weight is 288 g/mol. The van der Waals surface area contributed by atoms with Crippen molar-refractivity contribution in [3.05, 3.63) is 33.9 Å². The summed E-state index contributed by atoms with van der Waals surface area (Å²) in [6, 6.07) is 2.06. The summed E-state index contributed by atoms with van der Waals surface area (Å²) in [6.45, 7) is 0. The summed E-state index contributed by atoms with van der Waals surface area (Å²) in [4.78, 5) is 21.4. The lowest BCUT2D eigenvalue weighted by Crippen LogP contribution is -2.28. The highest BCUT2D eigenvalue weighted by Gasteiger charge is 2.33. The number of hydrogen-bond donors (Lipinski definition) is 1. The van der Waals surface area contributed by atoms with Crippen molar-refractivity contribution in [3.63, 3.8) is 0 Å². The van der Waals surface area contributed by atoms with Crippen LogP contribution in [0.5, 0.6) is 0 Å². The molecule has 0 atom stereocenters. The fraction of sp³-hybridized carbons (Fsp3) is 0.417. The summed E-state index contributed by atoms with van der Waals surface area (Å²) in [6.07, 6.45) is -2.43. The van der Waals surface area contributed by atoms with Crippen LogP contribution < -0.4 is 5.32 Å². The minimum Gasteiger partial charge on any atom is -0.326 e. The maximum Gasteiger partial charge on any atom is 0.416 e. The van der Waals surface area contributed by atoms with Crippen molar-refractivity contribution in [1.82, 2.24) is 0 Å². The number of rotatable bonds is 3. The van der Waals surface area contributed by atoms with Crippen molar-refractivity contribution in [2.24, 2.45) is 5.92 Å². The Hall–Kier alpha value is -2.12. The summed E-state index contributed by atoms with van der Waals surface area (Å²) in [7, 11) is 0. The third-order valence-corrected chi connectivity index (χ3v) is 3.20. The number of benzene rings is 1. The van der Waals surface area contributed by atoms with E-state index < -0.39 is 28.3 Å². The van der Waals surface area contributed by atoms with Gasteiger partial charge in [0, 0.05) is 23.7 Å². The number of non-ortho nitro benzene ring substituents is 1. The lowest BCUT2D eigenvalue weighted by molar-refractivity contribution is -0.385. The molecule has 8 heteroatoms. The first-order valence-corrected chi connectivity index (χ1v) is 5.95. The number of nitrogens with one attached hydrogen (secondary N) is 1. The van der Waals surface area contributed by atoms with Gasteiger partial charge in [-0.15, -0.1) is 0 Å². The Morgan fingerprint density at radius 1 is 1.30 bits per heavy atom. The average Bonchev–Trinajstić information content (AvgIpc) is 2.24. The number of carbonyl (C=O) groups is 1. The zero-order valence-electron chi connectivity index (χ0n) is 10.2. The van der Waals surface area contributed by atoms with Crippen LogP contribution >= 0.6 is 0 Å². The number of halogens is 3. The monoisotopic (exact) mass is 288 g/mol. The topological polar surface area (TPSA) is 72.2 Å². The molecular formula is C12H11F3N2O3. The largest absolute Gasteiger partial charge is 0.416 e. The van der Waals surface area contributed by atoms with Gasteiger partial charge in [-0.3, -0.25) is 14.9 Å². The number of anilines is 1. The molecule has 0 radical (unpaired) electrons. The lowest BCUT2D eigenvalue weighted by atomic mass is 9.85. The fourth-order valence-corrected chi connectivity index (χ4v) is 1.87. The van der Waals surface area contributed by atoms with E-state index in [0.29, 0.717) is 25.0 Å². The summed E-state index contributed by atoms with van der Waals surface area (Å²) >= 11 is 0. The summed E-state index contributed by atoms with van der Waals surface area (Å²) in [5, 5.41) is 13.0. The SMILES string of the molecule is O=C(Nc1cc([N+](=O)[O-])cc(C(F)(F)F)c1)C1CCC1. The van der Waals surface area contributed by atoms with Crippen molar-refractivity contribution >= 4 is 17.3 Å². The number of carbonyl (C=O) groups excluding carboxylic acids is 1. The fourth-order valence-electron chi connectivity index (χ4n) is 1.87. The van der Waals surface area contributed by atoms with Gasteiger partial charge < -0.3 is 5.32 Å². The molecule has 108 valence electrons. The van der Waals surface area contributed by atoms with Crippen LogP contribution in [0.1, 0.15) is 24.8 Å². The van der Waals surface area contributed by atoms with Crippen LogP contribution in [-0.4, -0.2) is 10.8 Å². The smallest absolute Gasteiger partial charge is 0.326 e. The first kappa shape index (κ1) is 14.3. The third kappa shape index (κ3) is 3.06. The van der Waals surface area contributed by atoms with Gasteiger partial charge >= 0.3 is 6.18 Å². The zero-order valence-corrected chi connectivity index (χ0v) is 10.2. The number of hydrogen-bond acceptors (Lipinski definition) is 3. The number of alkyl halides is 3. The molecule has 1 saturated carbocycles. The van der Waals surface area contributed by atoms with Crippen LogP contribution in [0.4, 0.5) is 24.5 Å². The normalized spacial score (nSPS) is 15.6. The molecule has 0 aromatic heterocycles. The number of nitro groups is 1. The molecule has 0 heterocycles. The minimum absolute atomic E-state index is 0.205. The Morgan fingerprint density at radius 2 is 1.95 bits per heavy atom. The number of nitro benzene ring substituents is 1. The molecule has 1 N–H and O–H groups in total. The van der Waals surface area contributed by atoms with E-state index in [0.717, 1.165) is 12.5 Å². The van der Waals surface area contributed by atoms with Crippen LogP contribution in [0.15, 0.2) is 18.2 Å². The summed E-state index contributed by atoms with van der Waals surface area (Å²) < 4.78 is 37.9. The first-order valence-electron chi connectivity index (χ1n) is 5.95. The van der Waals surface area contributed by atoms with Crippen LogP contribution in [0.25, 0.3) is 0 Å². The quantitative estimate of drug-likeness (QED) is 0.684. The Bertz CT molecular complexity index is 553. The van der Waals surface area contributed by atoms with Gasteiger partial charge in [0.05, 0.1) is 10.5 Å². The Labute approximate surface area is 111 Å². The van der Waals surface area contributed by atoms with Crippen molar-refractivity contribution in [1.29, 1.82) is 0 Å². The highest BCUT2D eigenvalue weighted by molar-refractivity contribution is 5.93. The van der Waals surface area contributed by atoms with Crippen LogP contribution in [0.3, 0.4) is 0 Å². The van der Waals surface area contributed by atoms with E-state index in [-0.39, 0.29) is 11.6 Å². The van der Waals surface area contributed by atoms with Crippen LogP contribution in [0, 0.1) is 16.0 Å². The summed E-state index contributed by atoms with van der Waals surface area (Å²) in [5.74, 6) is -0.617. The van der Waals surface area contributed by atoms with Crippen molar-refractivity contribution in [2.75, 3.05) is 5.32 Å². The maximum absolute atomic E-state index is 12.6. The van der Waals surface area contributed by atoms with E-state index in [1.807, 2.05) is 0 Å². The van der Waals surface area contributed by atoms with Crippen LogP contribution in [-0.2, 0) is 11.0 Å². The van der Waals surface area contributed by atoms with E-state index >= 15 is 0 Å².